The molecule has 0 fully saturated rings. The van der Waals surface area contributed by atoms with Crippen LogP contribution in [0.5, 0.6) is 11.5 Å². The maximum Gasteiger partial charge on any atom is 0.242 e. The van der Waals surface area contributed by atoms with Gasteiger partial charge < -0.3 is 19.3 Å². The average Bonchev–Trinajstić information content (AvgIpc) is 3.58. The van der Waals surface area contributed by atoms with Crippen LogP contribution in [0.4, 0.5) is 11.4 Å². The Hall–Kier alpha value is -4.65. The van der Waals surface area contributed by atoms with Crippen molar-refractivity contribution in [2.75, 3.05) is 45.3 Å². The number of aromatic nitrogens is 3. The summed E-state index contributed by atoms with van der Waals surface area (Å²) in [6.45, 7) is 11.0. The zero-order chi connectivity index (χ0) is 30.9. The second-order valence-electron chi connectivity index (χ2n) is 10.4. The van der Waals surface area contributed by atoms with Crippen LogP contribution < -0.4 is 14.4 Å². The fraction of sp³-hybridized carbons (Fsp3) is 0.424. The van der Waals surface area contributed by atoms with Crippen LogP contribution in [0.15, 0.2) is 47.0 Å². The fourth-order valence-corrected chi connectivity index (χ4v) is 4.96. The molecule has 10 heteroatoms. The lowest BCUT2D eigenvalue weighted by Crippen LogP contribution is -2.41. The summed E-state index contributed by atoms with van der Waals surface area (Å²) in [6.07, 6.45) is 5.82. The molecule has 1 aliphatic heterocycles. The zero-order valence-corrected chi connectivity index (χ0v) is 26.1. The minimum atomic E-state index is 0.155. The summed E-state index contributed by atoms with van der Waals surface area (Å²) >= 11 is 0. The molecular formula is C33H41N7O3. The quantitative estimate of drug-likeness (QED) is 0.228. The summed E-state index contributed by atoms with van der Waals surface area (Å²) in [5, 5.41) is 14.5. The first kappa shape index (κ1) is 31.3. The number of fused-ring (bicyclic) bond motifs is 1. The maximum atomic E-state index is 13.2. The Bertz CT molecular complexity index is 1540. The van der Waals surface area contributed by atoms with Crippen molar-refractivity contribution in [1.29, 1.82) is 5.26 Å². The van der Waals surface area contributed by atoms with E-state index in [1.54, 1.807) is 31.0 Å². The summed E-state index contributed by atoms with van der Waals surface area (Å²) in [7, 11) is 3.19. The number of likely N-dealkylation sites (N-methyl/N-ethyl adjacent to an activating group) is 1. The molecule has 4 rings (SSSR count). The highest BCUT2D eigenvalue weighted by Crippen LogP contribution is 2.33. The third kappa shape index (κ3) is 7.05. The standard InChI is InChI=1S/C33H41N7O3/c1-7-10-16-39(17-11-8-2)31(41)22-38(9-3)25-12-14-28(23(4)18-25)35-33-24(21-34)19-30-36-32(37-40(30)33)27-20-26(42-5)13-15-29(27)43-6/h12-15,18-20H,7-11,16-17,22H2,1-6H3. The molecule has 3 aromatic rings. The number of aryl methyl sites for hydroxylation is 1. The van der Waals surface area contributed by atoms with Crippen molar-refractivity contribution in [2.45, 2.75) is 53.4 Å². The van der Waals surface area contributed by atoms with Crippen LogP contribution >= 0.6 is 0 Å². The number of hydrogen-bond acceptors (Lipinski definition) is 8. The van der Waals surface area contributed by atoms with Gasteiger partial charge in [-0.3, -0.25) is 4.79 Å². The van der Waals surface area contributed by atoms with E-state index in [1.807, 2.05) is 42.2 Å². The fourth-order valence-electron chi connectivity index (χ4n) is 4.96. The third-order valence-corrected chi connectivity index (χ3v) is 7.51. The first-order chi connectivity index (χ1) is 20.9. The molecule has 0 N–H and O–H groups in total. The average molecular weight is 584 g/mol. The molecule has 0 saturated carbocycles. The van der Waals surface area contributed by atoms with Gasteiger partial charge in [0.05, 0.1) is 32.0 Å². The monoisotopic (exact) mass is 583 g/mol. The Labute approximate surface area is 254 Å². The van der Waals surface area contributed by atoms with Crippen molar-refractivity contribution in [3.8, 4) is 29.0 Å². The summed E-state index contributed by atoms with van der Waals surface area (Å²) in [4.78, 5) is 26.8. The summed E-state index contributed by atoms with van der Waals surface area (Å²) < 4.78 is 12.5. The van der Waals surface area contributed by atoms with E-state index in [0.29, 0.717) is 58.9 Å². The number of anilines is 1. The number of amides is 1. The molecule has 2 aromatic carbocycles. The molecule has 1 amide bonds. The Kier molecular flexibility index (Phi) is 10.5. The van der Waals surface area contributed by atoms with Crippen LogP contribution in [0.25, 0.3) is 17.5 Å². The van der Waals surface area contributed by atoms with Gasteiger partial charge in [-0.15, -0.1) is 5.10 Å². The SMILES string of the molecule is CCCCN(CCCC)C(=O)CN(CC)c1ccc(N=C2C(C#N)=Cc3nc(-c4cc(OC)ccc4OC)nn32)c(C)c1. The van der Waals surface area contributed by atoms with Gasteiger partial charge >= 0.3 is 0 Å². The van der Waals surface area contributed by atoms with Crippen LogP contribution in [-0.2, 0) is 4.79 Å². The Morgan fingerprint density at radius 2 is 1.79 bits per heavy atom. The molecular weight excluding hydrogens is 542 g/mol. The first-order valence-electron chi connectivity index (χ1n) is 14.9. The molecule has 0 bridgehead atoms. The minimum Gasteiger partial charge on any atom is -0.497 e. The lowest BCUT2D eigenvalue weighted by Gasteiger charge is -2.28. The number of nitrogens with zero attached hydrogens (tertiary/aromatic N) is 7. The van der Waals surface area contributed by atoms with E-state index in [1.165, 1.54) is 0 Å². The smallest absolute Gasteiger partial charge is 0.242 e. The van der Waals surface area contributed by atoms with Crippen molar-refractivity contribution < 1.29 is 14.3 Å². The first-order valence-corrected chi connectivity index (χ1v) is 14.9. The molecule has 2 heterocycles. The van der Waals surface area contributed by atoms with Crippen LogP contribution in [0.2, 0.25) is 0 Å². The number of unbranched alkanes of at least 4 members (excludes halogenated alkanes) is 2. The summed E-state index contributed by atoms with van der Waals surface area (Å²) in [5.41, 5.74) is 3.64. The van der Waals surface area contributed by atoms with Crippen molar-refractivity contribution >= 4 is 29.2 Å². The number of carbonyl (C=O) groups excluding carboxylic acids is 1. The Morgan fingerprint density at radius 3 is 2.40 bits per heavy atom. The van der Waals surface area contributed by atoms with Gasteiger partial charge in [0.15, 0.2) is 17.5 Å². The zero-order valence-electron chi connectivity index (χ0n) is 26.1. The topological polar surface area (TPSA) is 109 Å². The lowest BCUT2D eigenvalue weighted by molar-refractivity contribution is -0.129. The Morgan fingerprint density at radius 1 is 1.05 bits per heavy atom. The predicted octanol–water partition coefficient (Wildman–Crippen LogP) is 6.02. The van der Waals surface area contributed by atoms with Gasteiger partial charge in [-0.1, -0.05) is 26.7 Å². The summed E-state index contributed by atoms with van der Waals surface area (Å²) in [6, 6.07) is 13.6. The van der Waals surface area contributed by atoms with E-state index < -0.39 is 0 Å². The van der Waals surface area contributed by atoms with E-state index in [0.717, 1.165) is 50.0 Å². The number of rotatable bonds is 14. The van der Waals surface area contributed by atoms with Gasteiger partial charge in [-0.25, -0.2) is 9.98 Å². The number of allylic oxidation sites excluding steroid dienone is 1. The maximum absolute atomic E-state index is 13.2. The number of hydrogen-bond donors (Lipinski definition) is 0. The van der Waals surface area contributed by atoms with Crippen molar-refractivity contribution in [2.24, 2.45) is 4.99 Å². The Balaban J connectivity index is 1.61. The predicted molar refractivity (Wildman–Crippen MR) is 170 cm³/mol. The molecule has 0 atom stereocenters. The molecule has 0 unspecified atom stereocenters. The molecule has 0 spiro atoms. The molecule has 0 aliphatic carbocycles. The van der Waals surface area contributed by atoms with Crippen LogP contribution in [0.1, 0.15) is 57.8 Å². The van der Waals surface area contributed by atoms with Gasteiger partial charge in [0.1, 0.15) is 23.1 Å². The van der Waals surface area contributed by atoms with Crippen molar-refractivity contribution in [1.82, 2.24) is 19.7 Å². The van der Waals surface area contributed by atoms with Crippen molar-refractivity contribution in [3.05, 3.63) is 53.4 Å². The number of ether oxygens (including phenoxy) is 2. The number of carbonyl (C=O) groups is 1. The number of nitriles is 1. The largest absolute Gasteiger partial charge is 0.497 e. The van der Waals surface area contributed by atoms with Gasteiger partial charge in [-0.2, -0.15) is 9.94 Å². The second kappa shape index (κ2) is 14.5. The van der Waals surface area contributed by atoms with Gasteiger partial charge in [0.2, 0.25) is 5.91 Å². The van der Waals surface area contributed by atoms with E-state index in [9.17, 15) is 10.1 Å². The van der Waals surface area contributed by atoms with Crippen LogP contribution in [0, 0.1) is 18.3 Å². The van der Waals surface area contributed by atoms with E-state index in [-0.39, 0.29) is 5.91 Å². The van der Waals surface area contributed by atoms with Gasteiger partial charge in [-0.05, 0) is 68.7 Å². The molecule has 1 aliphatic rings. The number of benzene rings is 2. The third-order valence-electron chi connectivity index (χ3n) is 7.51. The molecule has 0 saturated heterocycles. The van der Waals surface area contributed by atoms with E-state index in [4.69, 9.17) is 14.5 Å². The molecule has 10 nitrogen and oxygen atoms in total. The van der Waals surface area contributed by atoms with Gasteiger partial charge in [0, 0.05) is 31.4 Å². The van der Waals surface area contributed by atoms with E-state index >= 15 is 0 Å². The van der Waals surface area contributed by atoms with Crippen LogP contribution in [-0.4, -0.2) is 71.8 Å². The van der Waals surface area contributed by atoms with Crippen molar-refractivity contribution in [3.63, 3.8) is 0 Å². The highest BCUT2D eigenvalue weighted by Gasteiger charge is 2.26. The number of methoxy groups -OCH3 is 2. The minimum absolute atomic E-state index is 0.155. The van der Waals surface area contributed by atoms with Crippen LogP contribution in [0.3, 0.4) is 0 Å². The number of aliphatic imine (C=N–C) groups is 1. The highest BCUT2D eigenvalue weighted by atomic mass is 16.5. The molecule has 1 aromatic heterocycles. The molecule has 0 radical (unpaired) electrons. The second-order valence-corrected chi connectivity index (χ2v) is 10.4. The molecule has 43 heavy (non-hydrogen) atoms. The normalized spacial score (nSPS) is 13.0. The lowest BCUT2D eigenvalue weighted by atomic mass is 10.1. The summed E-state index contributed by atoms with van der Waals surface area (Å²) in [5.74, 6) is 2.77. The van der Waals surface area contributed by atoms with Gasteiger partial charge in [0.25, 0.3) is 0 Å². The highest BCUT2D eigenvalue weighted by molar-refractivity contribution is 6.11. The van der Waals surface area contributed by atoms with E-state index in [2.05, 4.69) is 41.8 Å². The molecule has 226 valence electrons.